The highest BCUT2D eigenvalue weighted by atomic mass is 32.2. The Labute approximate surface area is 122 Å². The molecule has 0 aliphatic carbocycles. The summed E-state index contributed by atoms with van der Waals surface area (Å²) in [4.78, 5) is 7.87. The van der Waals surface area contributed by atoms with E-state index in [1.54, 1.807) is 18.3 Å². The lowest BCUT2D eigenvalue weighted by atomic mass is 10.3. The van der Waals surface area contributed by atoms with Crippen LogP contribution in [0.4, 0.5) is 5.82 Å². The lowest BCUT2D eigenvalue weighted by Crippen LogP contribution is -2.23. The third-order valence-corrected chi connectivity index (χ3v) is 4.06. The number of pyridine rings is 2. The van der Waals surface area contributed by atoms with Gasteiger partial charge in [0.1, 0.15) is 10.7 Å². The second kappa shape index (κ2) is 6.48. The van der Waals surface area contributed by atoms with Crippen LogP contribution in [0.5, 0.6) is 5.88 Å². The van der Waals surface area contributed by atoms with E-state index in [2.05, 4.69) is 20.1 Å². The molecule has 0 saturated carbocycles. The Morgan fingerprint density at radius 2 is 2.10 bits per heavy atom. The minimum absolute atomic E-state index is 0.0579. The van der Waals surface area contributed by atoms with Crippen LogP contribution in [0, 0.1) is 0 Å². The average Bonchev–Trinajstić information content (AvgIpc) is 2.53. The molecule has 0 aliphatic rings. The number of rotatable bonds is 6. The van der Waals surface area contributed by atoms with Crippen LogP contribution in [0.3, 0.4) is 0 Å². The summed E-state index contributed by atoms with van der Waals surface area (Å²) in [5, 5.41) is 0. The Morgan fingerprint density at radius 3 is 2.71 bits per heavy atom. The van der Waals surface area contributed by atoms with Crippen LogP contribution in [0.15, 0.2) is 41.6 Å². The van der Waals surface area contributed by atoms with E-state index < -0.39 is 10.0 Å². The van der Waals surface area contributed by atoms with Gasteiger partial charge < -0.3 is 10.2 Å². The van der Waals surface area contributed by atoms with Crippen LogP contribution in [0.25, 0.3) is 0 Å². The molecular formula is C12H15N5O3S. The Balaban J connectivity index is 2.09. The van der Waals surface area contributed by atoms with Gasteiger partial charge in [0.25, 0.3) is 0 Å². The first-order valence-corrected chi connectivity index (χ1v) is 7.45. The number of nitrogen functional groups attached to an aromatic ring is 1. The van der Waals surface area contributed by atoms with Crippen molar-refractivity contribution in [3.05, 3.63) is 42.2 Å². The van der Waals surface area contributed by atoms with Gasteiger partial charge in [-0.25, -0.2) is 29.0 Å². The highest BCUT2D eigenvalue weighted by molar-refractivity contribution is 7.89. The molecule has 0 atom stereocenters. The maximum atomic E-state index is 12.1. The molecule has 0 unspecified atom stereocenters. The van der Waals surface area contributed by atoms with Crippen molar-refractivity contribution in [2.75, 3.05) is 12.5 Å². The van der Waals surface area contributed by atoms with Crippen molar-refractivity contribution in [1.29, 1.82) is 0 Å². The van der Waals surface area contributed by atoms with Crippen LogP contribution < -0.4 is 20.7 Å². The summed E-state index contributed by atoms with van der Waals surface area (Å²) in [6, 6.07) is 6.24. The standard InChI is InChI=1S/C12H15N5O3S/c1-20-12-6-9(4-5-14-12)7-16-21(18,19)10-2-3-11(17-13)15-8-10/h2-6,8,16H,7,13H2,1H3,(H,15,17). The predicted octanol–water partition coefficient (Wildman–Crippen LogP) is 0.249. The Hall–Kier alpha value is -2.23. The molecule has 2 aromatic rings. The van der Waals surface area contributed by atoms with E-state index in [0.29, 0.717) is 11.7 Å². The molecular weight excluding hydrogens is 294 g/mol. The maximum Gasteiger partial charge on any atom is 0.242 e. The van der Waals surface area contributed by atoms with E-state index in [1.807, 2.05) is 0 Å². The number of nitrogens with zero attached hydrogens (tertiary/aromatic N) is 2. The number of sulfonamides is 1. The van der Waals surface area contributed by atoms with Gasteiger partial charge in [0.05, 0.1) is 7.11 Å². The summed E-state index contributed by atoms with van der Waals surface area (Å²) in [5.41, 5.74) is 3.06. The summed E-state index contributed by atoms with van der Waals surface area (Å²) in [6.07, 6.45) is 2.77. The number of hydrazine groups is 1. The first-order chi connectivity index (χ1) is 10.0. The second-order valence-electron chi connectivity index (χ2n) is 4.05. The number of ether oxygens (including phenoxy) is 1. The number of nitrogens with one attached hydrogen (secondary N) is 2. The summed E-state index contributed by atoms with van der Waals surface area (Å²) in [7, 11) is -2.15. The topological polar surface area (TPSA) is 119 Å². The quantitative estimate of drug-likeness (QED) is 0.517. The predicted molar refractivity (Wildman–Crippen MR) is 76.9 cm³/mol. The average molecular weight is 309 g/mol. The molecule has 9 heteroatoms. The van der Waals surface area contributed by atoms with Gasteiger partial charge in [0.15, 0.2) is 0 Å². The fourth-order valence-electron chi connectivity index (χ4n) is 1.56. The molecule has 21 heavy (non-hydrogen) atoms. The lowest BCUT2D eigenvalue weighted by molar-refractivity contribution is 0.397. The first-order valence-electron chi connectivity index (χ1n) is 5.96. The molecule has 0 radical (unpaired) electrons. The van der Waals surface area contributed by atoms with Gasteiger partial charge >= 0.3 is 0 Å². The number of methoxy groups -OCH3 is 1. The molecule has 112 valence electrons. The van der Waals surface area contributed by atoms with E-state index in [9.17, 15) is 8.42 Å². The van der Waals surface area contributed by atoms with Gasteiger partial charge in [-0.1, -0.05) is 0 Å². The van der Waals surface area contributed by atoms with Crippen LogP contribution in [-0.4, -0.2) is 25.5 Å². The summed E-state index contributed by atoms with van der Waals surface area (Å²) in [5.74, 6) is 5.98. The zero-order valence-corrected chi connectivity index (χ0v) is 12.1. The minimum atomic E-state index is -3.65. The van der Waals surface area contributed by atoms with Gasteiger partial charge in [-0.15, -0.1) is 0 Å². The van der Waals surface area contributed by atoms with E-state index >= 15 is 0 Å². The van der Waals surface area contributed by atoms with Gasteiger partial charge in [-0.2, -0.15) is 0 Å². The monoisotopic (exact) mass is 309 g/mol. The molecule has 0 spiro atoms. The van der Waals surface area contributed by atoms with Gasteiger partial charge in [0.2, 0.25) is 15.9 Å². The fourth-order valence-corrected chi connectivity index (χ4v) is 2.52. The Kier molecular flexibility index (Phi) is 4.68. The molecule has 0 amide bonds. The molecule has 0 aliphatic heterocycles. The van der Waals surface area contributed by atoms with Gasteiger partial charge in [-0.05, 0) is 23.8 Å². The molecule has 8 nitrogen and oxygen atoms in total. The zero-order valence-electron chi connectivity index (χ0n) is 11.3. The summed E-state index contributed by atoms with van der Waals surface area (Å²) >= 11 is 0. The number of anilines is 1. The molecule has 0 aromatic carbocycles. The third-order valence-electron chi connectivity index (χ3n) is 2.67. The third kappa shape index (κ3) is 3.88. The number of hydrogen-bond acceptors (Lipinski definition) is 7. The first kappa shape index (κ1) is 15.2. The van der Waals surface area contributed by atoms with E-state index in [1.165, 1.54) is 25.4 Å². The number of aromatic nitrogens is 2. The van der Waals surface area contributed by atoms with Crippen molar-refractivity contribution >= 4 is 15.8 Å². The van der Waals surface area contributed by atoms with E-state index in [-0.39, 0.29) is 11.4 Å². The molecule has 0 bridgehead atoms. The molecule has 0 fully saturated rings. The summed E-state index contributed by atoms with van der Waals surface area (Å²) < 4.78 is 31.7. The van der Waals surface area contributed by atoms with Crippen molar-refractivity contribution in [1.82, 2.24) is 14.7 Å². The minimum Gasteiger partial charge on any atom is -0.481 e. The number of hydrogen-bond donors (Lipinski definition) is 3. The highest BCUT2D eigenvalue weighted by Gasteiger charge is 2.14. The van der Waals surface area contributed by atoms with Gasteiger partial charge in [-0.3, -0.25) is 0 Å². The van der Waals surface area contributed by atoms with Crippen LogP contribution in [-0.2, 0) is 16.6 Å². The van der Waals surface area contributed by atoms with Crippen molar-refractivity contribution in [3.63, 3.8) is 0 Å². The van der Waals surface area contributed by atoms with Crippen LogP contribution in [0.2, 0.25) is 0 Å². The Morgan fingerprint density at radius 1 is 1.29 bits per heavy atom. The Bertz CT molecular complexity index is 703. The highest BCUT2D eigenvalue weighted by Crippen LogP contribution is 2.12. The fraction of sp³-hybridized carbons (Fsp3) is 0.167. The molecule has 2 heterocycles. The van der Waals surface area contributed by atoms with E-state index in [4.69, 9.17) is 10.6 Å². The smallest absolute Gasteiger partial charge is 0.242 e. The zero-order chi connectivity index (χ0) is 15.3. The molecule has 0 saturated heterocycles. The van der Waals surface area contributed by atoms with Crippen LogP contribution in [0.1, 0.15) is 5.56 Å². The van der Waals surface area contributed by atoms with Crippen LogP contribution >= 0.6 is 0 Å². The van der Waals surface area contributed by atoms with Crippen molar-refractivity contribution in [2.45, 2.75) is 11.4 Å². The molecule has 2 rings (SSSR count). The SMILES string of the molecule is COc1cc(CNS(=O)(=O)c2ccc(NN)nc2)ccn1. The van der Waals surface area contributed by atoms with Gasteiger partial charge in [0, 0.05) is 25.0 Å². The normalized spacial score (nSPS) is 11.1. The lowest BCUT2D eigenvalue weighted by Gasteiger charge is -2.08. The number of nitrogens with two attached hydrogens (primary N) is 1. The molecule has 4 N–H and O–H groups in total. The second-order valence-corrected chi connectivity index (χ2v) is 5.82. The van der Waals surface area contributed by atoms with Crippen molar-refractivity contribution in [3.8, 4) is 5.88 Å². The van der Waals surface area contributed by atoms with Crippen molar-refractivity contribution in [2.24, 2.45) is 5.84 Å². The van der Waals surface area contributed by atoms with E-state index in [0.717, 1.165) is 5.56 Å². The maximum absolute atomic E-state index is 12.1. The largest absolute Gasteiger partial charge is 0.481 e. The molecule has 2 aromatic heterocycles. The summed E-state index contributed by atoms with van der Waals surface area (Å²) in [6.45, 7) is 0.123. The van der Waals surface area contributed by atoms with Crippen molar-refractivity contribution < 1.29 is 13.2 Å².